The van der Waals surface area contributed by atoms with Gasteiger partial charge in [0.05, 0.1) is 12.2 Å². The smallest absolute Gasteiger partial charge is 0.420 e. The molecular formula is C26H26ClF3N2O7S. The van der Waals surface area contributed by atoms with E-state index in [4.69, 9.17) is 31.5 Å². The van der Waals surface area contributed by atoms with Gasteiger partial charge in [-0.3, -0.25) is 0 Å². The predicted molar refractivity (Wildman–Crippen MR) is 139 cm³/mol. The van der Waals surface area contributed by atoms with Gasteiger partial charge in [0.15, 0.2) is 0 Å². The number of nitrogens with zero attached hydrogens (tertiary/aromatic N) is 1. The van der Waals surface area contributed by atoms with Crippen LogP contribution in [0.5, 0.6) is 17.4 Å². The third-order valence-corrected chi connectivity index (χ3v) is 7.32. The topological polar surface area (TPSA) is 127 Å². The number of ether oxygens (including phenoxy) is 3. The first-order chi connectivity index (χ1) is 18.8. The number of methoxy groups -OCH3 is 1. The highest BCUT2D eigenvalue weighted by atomic mass is 35.5. The summed E-state index contributed by atoms with van der Waals surface area (Å²) in [6.45, 7) is 2.18. The van der Waals surface area contributed by atoms with Gasteiger partial charge in [-0.2, -0.15) is 21.6 Å². The summed E-state index contributed by atoms with van der Waals surface area (Å²) in [5.41, 5.74) is 5.64. The maximum absolute atomic E-state index is 13.0. The van der Waals surface area contributed by atoms with Crippen molar-refractivity contribution in [3.63, 3.8) is 0 Å². The molecule has 0 aliphatic carbocycles. The number of alkyl halides is 3. The minimum absolute atomic E-state index is 0.173. The van der Waals surface area contributed by atoms with Crippen LogP contribution in [-0.4, -0.2) is 39.8 Å². The summed E-state index contributed by atoms with van der Waals surface area (Å²) in [5, 5.41) is -0.321. The molecule has 0 aliphatic rings. The molecule has 0 spiro atoms. The van der Waals surface area contributed by atoms with Gasteiger partial charge in [-0.1, -0.05) is 29.8 Å². The first kappa shape index (κ1) is 31.0. The van der Waals surface area contributed by atoms with E-state index < -0.39 is 28.0 Å². The molecule has 0 aliphatic heterocycles. The molecule has 1 aromatic heterocycles. The highest BCUT2D eigenvalue weighted by Gasteiger charge is 2.32. The molecule has 2 aromatic carbocycles. The SMILES string of the molecule is COCCOc1ccc(CCCc2cccc(S(=O)(=O)OC(N)=O)c2C)c(Oc2ncc(C(F)(F)F)cc2Cl)c1. The minimum atomic E-state index is -4.61. The lowest BCUT2D eigenvalue weighted by Crippen LogP contribution is -2.19. The Hall–Kier alpha value is -3.55. The molecule has 0 saturated heterocycles. The second-order valence-electron chi connectivity index (χ2n) is 8.47. The Morgan fingerprint density at radius 2 is 1.80 bits per heavy atom. The molecular weight excluding hydrogens is 577 g/mol. The Balaban J connectivity index is 1.83. The van der Waals surface area contributed by atoms with Crippen LogP contribution in [0.25, 0.3) is 0 Å². The molecule has 0 unspecified atom stereocenters. The second-order valence-corrected chi connectivity index (χ2v) is 10.4. The van der Waals surface area contributed by atoms with Crippen molar-refractivity contribution >= 4 is 27.8 Å². The lowest BCUT2D eigenvalue weighted by molar-refractivity contribution is -0.137. The van der Waals surface area contributed by atoms with Gasteiger partial charge >= 0.3 is 22.4 Å². The Morgan fingerprint density at radius 1 is 1.07 bits per heavy atom. The fourth-order valence-electron chi connectivity index (χ4n) is 3.75. The van der Waals surface area contributed by atoms with Gasteiger partial charge in [-0.25, -0.2) is 9.78 Å². The lowest BCUT2D eigenvalue weighted by atomic mass is 10.00. The number of pyridine rings is 1. The summed E-state index contributed by atoms with van der Waals surface area (Å²) in [7, 11) is -2.84. The standard InChI is InChI=1S/C26H26ClF3N2O7S/c1-16-17(6-4-8-23(16)40(34,35)39-25(31)33)5-3-7-18-9-10-20(37-12-11-36-2)14-22(18)38-24-21(27)13-19(15-32-24)26(28,29)30/h4,6,8-10,13-15H,3,5,7,11-12H2,1-2H3,(H2,31,33). The summed E-state index contributed by atoms with van der Waals surface area (Å²) in [6, 6.07) is 10.3. The molecule has 0 bridgehead atoms. The zero-order chi connectivity index (χ0) is 29.5. The minimum Gasteiger partial charge on any atom is -0.491 e. The van der Waals surface area contributed by atoms with Crippen LogP contribution in [-0.2, 0) is 38.1 Å². The number of amides is 1. The number of nitrogens with two attached hydrogens (primary N) is 1. The number of aromatic nitrogens is 1. The molecule has 1 amide bonds. The van der Waals surface area contributed by atoms with Gasteiger partial charge in [0.25, 0.3) is 0 Å². The predicted octanol–water partition coefficient (Wildman–Crippen LogP) is 5.84. The van der Waals surface area contributed by atoms with Crippen LogP contribution >= 0.6 is 11.6 Å². The normalized spacial score (nSPS) is 11.8. The molecule has 40 heavy (non-hydrogen) atoms. The van der Waals surface area contributed by atoms with Gasteiger partial charge in [0.2, 0.25) is 5.88 Å². The highest BCUT2D eigenvalue weighted by molar-refractivity contribution is 7.87. The van der Waals surface area contributed by atoms with Crippen LogP contribution in [0.4, 0.5) is 18.0 Å². The highest BCUT2D eigenvalue weighted by Crippen LogP contribution is 2.37. The molecule has 0 saturated carbocycles. The Morgan fingerprint density at radius 3 is 2.45 bits per heavy atom. The third-order valence-electron chi connectivity index (χ3n) is 5.69. The van der Waals surface area contributed by atoms with E-state index in [1.807, 2.05) is 0 Å². The number of aryl methyl sites for hydroxylation is 2. The first-order valence-corrected chi connectivity index (χ1v) is 13.6. The van der Waals surface area contributed by atoms with Crippen LogP contribution < -0.4 is 15.2 Å². The zero-order valence-corrected chi connectivity index (χ0v) is 23.0. The summed E-state index contributed by atoms with van der Waals surface area (Å²) in [5.74, 6) is 0.488. The number of carbonyl (C=O) groups is 1. The van der Waals surface area contributed by atoms with Crippen molar-refractivity contribution in [2.75, 3.05) is 20.3 Å². The van der Waals surface area contributed by atoms with E-state index in [9.17, 15) is 26.4 Å². The number of hydrogen-bond acceptors (Lipinski definition) is 8. The van der Waals surface area contributed by atoms with E-state index in [-0.39, 0.29) is 28.2 Å². The fraction of sp³-hybridized carbons (Fsp3) is 0.308. The average Bonchev–Trinajstić information content (AvgIpc) is 2.86. The van der Waals surface area contributed by atoms with Crippen molar-refractivity contribution in [1.82, 2.24) is 4.98 Å². The van der Waals surface area contributed by atoms with Gasteiger partial charge < -0.3 is 24.1 Å². The van der Waals surface area contributed by atoms with Crippen molar-refractivity contribution in [3.8, 4) is 17.4 Å². The molecule has 216 valence electrons. The van der Waals surface area contributed by atoms with Gasteiger partial charge in [-0.05, 0) is 61.1 Å². The van der Waals surface area contributed by atoms with E-state index in [0.717, 1.165) is 6.07 Å². The van der Waals surface area contributed by atoms with Gasteiger partial charge in [0, 0.05) is 19.4 Å². The van der Waals surface area contributed by atoms with Crippen LogP contribution in [0, 0.1) is 6.92 Å². The molecule has 9 nitrogen and oxygen atoms in total. The third kappa shape index (κ3) is 8.23. The lowest BCUT2D eigenvalue weighted by Gasteiger charge is -2.15. The van der Waals surface area contributed by atoms with Crippen molar-refractivity contribution < 1.29 is 44.8 Å². The van der Waals surface area contributed by atoms with E-state index in [2.05, 4.69) is 9.17 Å². The number of halogens is 4. The van der Waals surface area contributed by atoms with Crippen molar-refractivity contribution in [2.24, 2.45) is 5.73 Å². The van der Waals surface area contributed by atoms with Gasteiger partial charge in [0.1, 0.15) is 28.0 Å². The van der Waals surface area contributed by atoms with Crippen molar-refractivity contribution in [2.45, 2.75) is 37.3 Å². The van der Waals surface area contributed by atoms with E-state index in [1.165, 1.54) is 19.2 Å². The quantitative estimate of drug-likeness (QED) is 0.202. The molecule has 1 heterocycles. The maximum Gasteiger partial charge on any atom is 0.420 e. The average molecular weight is 603 g/mol. The van der Waals surface area contributed by atoms with E-state index in [1.54, 1.807) is 31.2 Å². The van der Waals surface area contributed by atoms with Crippen LogP contribution in [0.15, 0.2) is 53.6 Å². The molecule has 0 fully saturated rings. The maximum atomic E-state index is 13.0. The summed E-state index contributed by atoms with van der Waals surface area (Å²) in [4.78, 5) is 14.6. The Kier molecular flexibility index (Phi) is 10.2. The summed E-state index contributed by atoms with van der Waals surface area (Å²) >= 11 is 6.04. The number of carbonyl (C=O) groups excluding carboxylic acids is 1. The van der Waals surface area contributed by atoms with Crippen LogP contribution in [0.2, 0.25) is 5.02 Å². The largest absolute Gasteiger partial charge is 0.491 e. The monoisotopic (exact) mass is 602 g/mol. The van der Waals surface area contributed by atoms with E-state index in [0.29, 0.717) is 54.5 Å². The van der Waals surface area contributed by atoms with Crippen LogP contribution in [0.3, 0.4) is 0 Å². The van der Waals surface area contributed by atoms with Crippen molar-refractivity contribution in [1.29, 1.82) is 0 Å². The van der Waals surface area contributed by atoms with Crippen LogP contribution in [0.1, 0.15) is 28.7 Å². The zero-order valence-electron chi connectivity index (χ0n) is 21.5. The Bertz CT molecular complexity index is 1470. The second kappa shape index (κ2) is 13.2. The number of hydrogen-bond donors (Lipinski definition) is 1. The number of rotatable bonds is 12. The fourth-order valence-corrected chi connectivity index (χ4v) is 5.01. The summed E-state index contributed by atoms with van der Waals surface area (Å²) < 4.78 is 84.4. The number of benzene rings is 2. The van der Waals surface area contributed by atoms with E-state index >= 15 is 0 Å². The van der Waals surface area contributed by atoms with Gasteiger partial charge in [-0.15, -0.1) is 0 Å². The molecule has 0 atom stereocenters. The number of primary amides is 1. The molecule has 3 rings (SSSR count). The Labute approximate surface area is 234 Å². The molecule has 0 radical (unpaired) electrons. The molecule has 14 heteroatoms. The summed E-state index contributed by atoms with van der Waals surface area (Å²) in [6.07, 6.45) is -4.02. The molecule has 2 N–H and O–H groups in total. The van der Waals surface area contributed by atoms with Crippen molar-refractivity contribution in [3.05, 3.63) is 75.9 Å². The molecule has 3 aromatic rings. The first-order valence-electron chi connectivity index (χ1n) is 11.8.